The van der Waals surface area contributed by atoms with Gasteiger partial charge in [0.2, 0.25) is 5.11 Å². The van der Waals surface area contributed by atoms with Crippen molar-refractivity contribution in [2.45, 2.75) is 25.6 Å². The van der Waals surface area contributed by atoms with Crippen molar-refractivity contribution in [1.29, 1.82) is 10.5 Å². The van der Waals surface area contributed by atoms with Crippen molar-refractivity contribution >= 4 is 56.8 Å². The molecule has 14 nitrogen and oxygen atoms in total. The van der Waals surface area contributed by atoms with Crippen LogP contribution >= 0.6 is 0 Å². The van der Waals surface area contributed by atoms with Gasteiger partial charge in [0.05, 0.1) is 34.0 Å². The van der Waals surface area contributed by atoms with Crippen LogP contribution in [-0.2, 0) is 22.2 Å². The fourth-order valence-electron chi connectivity index (χ4n) is 7.10. The minimum Gasteiger partial charge on any atom is -0.492 e. The van der Waals surface area contributed by atoms with Crippen LogP contribution in [-0.4, -0.2) is 81.8 Å². The molecule has 0 bridgehead atoms. The number of hydrogen-bond acceptors (Lipinski definition) is 10. The van der Waals surface area contributed by atoms with Crippen LogP contribution < -0.4 is 29.9 Å². The van der Waals surface area contributed by atoms with Gasteiger partial charge in [-0.25, -0.2) is 9.11 Å². The third-order valence-electron chi connectivity index (χ3n) is 10.1. The molecule has 7 rings (SSSR count). The largest absolute Gasteiger partial charge is 0.492 e. The quantitative estimate of drug-likeness (QED) is 0.201. The van der Waals surface area contributed by atoms with Crippen LogP contribution in [0.5, 0.6) is 5.75 Å². The van der Waals surface area contributed by atoms with E-state index in [0.717, 1.165) is 21.6 Å². The number of piperazine rings is 1. The Balaban J connectivity index is 0.954. The molecule has 57 heavy (non-hydrogen) atoms. The summed E-state index contributed by atoms with van der Waals surface area (Å²) in [4.78, 5) is 62.4. The van der Waals surface area contributed by atoms with Crippen molar-refractivity contribution in [3.05, 3.63) is 111 Å². The molecule has 1 aromatic heterocycles. The van der Waals surface area contributed by atoms with Crippen molar-refractivity contribution < 1.29 is 36.5 Å². The molecule has 18 heteroatoms. The molecule has 3 aromatic carbocycles. The van der Waals surface area contributed by atoms with E-state index in [1.165, 1.54) is 29.2 Å². The highest BCUT2D eigenvalue weighted by molar-refractivity contribution is 7.67. The molecule has 1 N–H and O–H groups in total. The van der Waals surface area contributed by atoms with Crippen molar-refractivity contribution in [3.8, 4) is 17.9 Å². The number of carbonyl (C=O) groups is 3. The number of anilines is 4. The number of benzene rings is 3. The Hall–Kier alpha value is -6.76. The second-order valence-electron chi connectivity index (χ2n) is 13.8. The van der Waals surface area contributed by atoms with Gasteiger partial charge >= 0.3 is 6.18 Å². The van der Waals surface area contributed by atoms with Crippen LogP contribution in [0.2, 0.25) is 0 Å². The van der Waals surface area contributed by atoms with E-state index in [0.29, 0.717) is 56.8 Å². The number of nitrogens with one attached hydrogen (secondary N) is 1. The molecule has 2 fully saturated rings. The number of imide groups is 1. The fourth-order valence-corrected chi connectivity index (χ4v) is 7.77. The molecule has 0 radical (unpaired) electrons. The van der Waals surface area contributed by atoms with Gasteiger partial charge in [0.1, 0.15) is 46.6 Å². The lowest BCUT2D eigenvalue weighted by Crippen LogP contribution is -2.47. The highest BCUT2D eigenvalue weighted by Crippen LogP contribution is 2.40. The number of H-pyrrole nitrogens is 1. The van der Waals surface area contributed by atoms with E-state index in [4.69, 9.17) is 10.00 Å². The van der Waals surface area contributed by atoms with Gasteiger partial charge in [-0.05, 0) is 86.6 Å². The first-order valence-electron chi connectivity index (χ1n) is 17.5. The average molecular weight is 797 g/mol. The maximum atomic E-state index is 13.7. The first-order chi connectivity index (χ1) is 27.2. The van der Waals surface area contributed by atoms with Crippen LogP contribution in [0.15, 0.2) is 77.6 Å². The Labute approximate surface area is 326 Å². The van der Waals surface area contributed by atoms with Gasteiger partial charge in [0, 0.05) is 44.1 Å². The number of amides is 3. The zero-order valence-electron chi connectivity index (χ0n) is 30.3. The summed E-state index contributed by atoms with van der Waals surface area (Å²) in [5.41, 5.74) is -2.65. The molecular formula is C39H31F3N8O6S. The zero-order chi connectivity index (χ0) is 40.8. The van der Waals surface area contributed by atoms with Gasteiger partial charge < -0.3 is 19.5 Å². The molecule has 3 aliphatic rings. The van der Waals surface area contributed by atoms with E-state index in [1.54, 1.807) is 56.3 Å². The number of pyridine rings is 1. The van der Waals surface area contributed by atoms with Gasteiger partial charge in [0.25, 0.3) is 23.3 Å². The van der Waals surface area contributed by atoms with Crippen LogP contribution in [0, 0.1) is 22.7 Å². The fraction of sp³-hybridized carbons (Fsp3) is 0.256. The molecule has 0 atom stereocenters. The smallest absolute Gasteiger partial charge is 0.417 e. The van der Waals surface area contributed by atoms with Gasteiger partial charge in [-0.15, -0.1) is 0 Å². The van der Waals surface area contributed by atoms with Crippen molar-refractivity contribution in [2.75, 3.05) is 58.9 Å². The second-order valence-corrected chi connectivity index (χ2v) is 14.3. The van der Waals surface area contributed by atoms with E-state index < -0.39 is 46.1 Å². The van der Waals surface area contributed by atoms with E-state index in [1.807, 2.05) is 6.07 Å². The predicted molar refractivity (Wildman–Crippen MR) is 203 cm³/mol. The Morgan fingerprint density at radius 3 is 2.11 bits per heavy atom. The number of aromatic amines is 1. The minimum atomic E-state index is -4.85. The normalized spacial score (nSPS) is 16.8. The Kier molecular flexibility index (Phi) is 9.94. The van der Waals surface area contributed by atoms with E-state index in [2.05, 4.69) is 14.8 Å². The van der Waals surface area contributed by atoms with Gasteiger partial charge in [0.15, 0.2) is 0 Å². The lowest BCUT2D eigenvalue weighted by atomic mass is 10.0. The lowest BCUT2D eigenvalue weighted by Gasteiger charge is -2.36. The number of nitriles is 2. The number of carbonyl (C=O) groups excluding carboxylic acids is 3. The van der Waals surface area contributed by atoms with Gasteiger partial charge in [-0.1, -0.05) is 0 Å². The standard InChI is InChI=1S/C39H31F3N8O6S/c1-38(2)36(54)48(27-5-3-23(21-43)31(20-27)39(40,41)42)37(57-55)50(38)25-6-9-28(10-7-25)56-18-17-46-13-15-47(16-14-46)26-8-11-29-30(19-26)35(53)49(34(29)52)32-12-4-24(22-44)45-33(32)51/h3-12,19-20H,13-18H2,1-2H3,(H,45,51). The molecule has 0 spiro atoms. The number of rotatable bonds is 8. The van der Waals surface area contributed by atoms with E-state index in [9.17, 15) is 41.8 Å². The van der Waals surface area contributed by atoms with Gasteiger partial charge in [-0.3, -0.25) is 29.0 Å². The molecule has 0 saturated carbocycles. The SMILES string of the molecule is CC1(C)C(=O)N(c2ccc(C#N)c(C(F)(F)F)c2)C(=S=O)N1c1ccc(OCCN2CCN(c3ccc4c(c3)C(=O)N(c3ccc(C#N)[nH]c3=O)C4=O)CC2)cc1. The number of hydrogen-bond donors (Lipinski definition) is 1. The van der Waals surface area contributed by atoms with Crippen LogP contribution in [0.3, 0.4) is 0 Å². The van der Waals surface area contributed by atoms with E-state index >= 15 is 0 Å². The number of nitrogens with zero attached hydrogens (tertiary/aromatic N) is 7. The van der Waals surface area contributed by atoms with Crippen molar-refractivity contribution in [3.63, 3.8) is 0 Å². The highest BCUT2D eigenvalue weighted by Gasteiger charge is 2.51. The summed E-state index contributed by atoms with van der Waals surface area (Å²) in [7, 11) is 0. The first kappa shape index (κ1) is 38.5. The summed E-state index contributed by atoms with van der Waals surface area (Å²) in [6, 6.07) is 20.4. The number of fused-ring (bicyclic) bond motifs is 1. The van der Waals surface area contributed by atoms with Crippen molar-refractivity contribution in [2.24, 2.45) is 0 Å². The van der Waals surface area contributed by atoms with Gasteiger partial charge in [-0.2, -0.15) is 23.7 Å². The summed E-state index contributed by atoms with van der Waals surface area (Å²) in [5.74, 6) is -1.34. The summed E-state index contributed by atoms with van der Waals surface area (Å²) < 4.78 is 59.6. The van der Waals surface area contributed by atoms with Crippen LogP contribution in [0.25, 0.3) is 0 Å². The predicted octanol–water partition coefficient (Wildman–Crippen LogP) is 4.07. The zero-order valence-corrected chi connectivity index (χ0v) is 31.1. The number of ether oxygens (including phenoxy) is 1. The third kappa shape index (κ3) is 6.90. The number of aromatic nitrogens is 1. The molecule has 0 aliphatic carbocycles. The lowest BCUT2D eigenvalue weighted by molar-refractivity contribution is -0.137. The van der Waals surface area contributed by atoms with Crippen molar-refractivity contribution in [1.82, 2.24) is 9.88 Å². The topological polar surface area (TPSA) is 174 Å². The summed E-state index contributed by atoms with van der Waals surface area (Å²) >= 11 is -0.0326. The molecule has 290 valence electrons. The van der Waals surface area contributed by atoms with E-state index in [-0.39, 0.29) is 44.6 Å². The molecular weight excluding hydrogens is 766 g/mol. The summed E-state index contributed by atoms with van der Waals surface area (Å²) in [5, 5.41) is 18.1. The van der Waals surface area contributed by atoms with Crippen LogP contribution in [0.4, 0.5) is 35.9 Å². The molecule has 4 aromatic rings. The Bertz CT molecular complexity index is 2530. The Morgan fingerprint density at radius 1 is 0.807 bits per heavy atom. The molecule has 0 unspecified atom stereocenters. The Morgan fingerprint density at radius 2 is 1.47 bits per heavy atom. The first-order valence-corrected chi connectivity index (χ1v) is 18.2. The third-order valence-corrected chi connectivity index (χ3v) is 10.6. The maximum Gasteiger partial charge on any atom is 0.417 e. The molecule has 3 amide bonds. The highest BCUT2D eigenvalue weighted by atomic mass is 32.1. The molecule has 4 heterocycles. The molecule has 3 aliphatic heterocycles. The maximum absolute atomic E-state index is 13.7. The molecule has 2 saturated heterocycles. The van der Waals surface area contributed by atoms with Crippen LogP contribution in [0.1, 0.15) is 51.4 Å². The monoisotopic (exact) mass is 796 g/mol. The summed E-state index contributed by atoms with van der Waals surface area (Å²) in [6.07, 6.45) is -4.85. The second kappa shape index (κ2) is 14.7. The minimum absolute atomic E-state index is 0.00749. The average Bonchev–Trinajstić information content (AvgIpc) is 3.57. The summed E-state index contributed by atoms with van der Waals surface area (Å²) in [6.45, 7) is 6.69. The number of halogens is 3. The number of alkyl halides is 3.